The lowest BCUT2D eigenvalue weighted by atomic mass is 9.86. The third-order valence-electron chi connectivity index (χ3n) is 6.05. The molecule has 0 bridgehead atoms. The van der Waals surface area contributed by atoms with Crippen molar-refractivity contribution >= 4 is 16.8 Å². The number of nitrogens with zero attached hydrogens (tertiary/aromatic N) is 2. The Hall–Kier alpha value is -3.07. The van der Waals surface area contributed by atoms with Gasteiger partial charge in [0.25, 0.3) is 11.5 Å². The first-order valence-corrected chi connectivity index (χ1v) is 9.93. The number of aromatic nitrogens is 2. The smallest absolute Gasteiger partial charge is 0.270 e. The van der Waals surface area contributed by atoms with Crippen molar-refractivity contribution in [3.63, 3.8) is 0 Å². The molecule has 1 aliphatic heterocycles. The molecular formula is C22H24N4O4. The van der Waals surface area contributed by atoms with Crippen molar-refractivity contribution in [1.82, 2.24) is 15.0 Å². The first-order chi connectivity index (χ1) is 14.4. The zero-order valence-electron chi connectivity index (χ0n) is 16.9. The van der Waals surface area contributed by atoms with Gasteiger partial charge in [0.15, 0.2) is 5.60 Å². The predicted octanol–water partition coefficient (Wildman–Crippen LogP) is 1.07. The van der Waals surface area contributed by atoms with Crippen molar-refractivity contribution in [1.29, 1.82) is 0 Å². The first-order valence-electron chi connectivity index (χ1n) is 9.93. The number of nitrogens with two attached hydrogens (primary N) is 1. The average Bonchev–Trinajstić information content (AvgIpc) is 3.14. The number of fused-ring (bicyclic) bond motifs is 4. The second-order valence-electron chi connectivity index (χ2n) is 7.45. The fraction of sp³-hybridized carbons (Fsp3) is 0.318. The van der Waals surface area contributed by atoms with Crippen LogP contribution in [0.5, 0.6) is 0 Å². The van der Waals surface area contributed by atoms with Crippen LogP contribution in [0.3, 0.4) is 0 Å². The summed E-state index contributed by atoms with van der Waals surface area (Å²) < 4.78 is 1.54. The van der Waals surface area contributed by atoms with Gasteiger partial charge in [-0.05, 0) is 30.5 Å². The molecule has 3 aromatic rings. The highest BCUT2D eigenvalue weighted by atomic mass is 16.3. The number of carbonyl (C=O) groups is 1. The highest BCUT2D eigenvalue weighted by Crippen LogP contribution is 2.38. The van der Waals surface area contributed by atoms with Gasteiger partial charge < -0.3 is 14.8 Å². The fourth-order valence-corrected chi connectivity index (χ4v) is 4.42. The van der Waals surface area contributed by atoms with Gasteiger partial charge in [-0.3, -0.25) is 15.0 Å². The summed E-state index contributed by atoms with van der Waals surface area (Å²) in [5, 5.41) is 22.0. The van der Waals surface area contributed by atoms with Crippen molar-refractivity contribution in [2.24, 2.45) is 5.84 Å². The Morgan fingerprint density at radius 3 is 2.67 bits per heavy atom. The summed E-state index contributed by atoms with van der Waals surface area (Å²) >= 11 is 0. The second kappa shape index (κ2) is 7.32. The maximum absolute atomic E-state index is 13.2. The molecule has 3 heterocycles. The molecule has 156 valence electrons. The van der Waals surface area contributed by atoms with E-state index in [9.17, 15) is 19.8 Å². The summed E-state index contributed by atoms with van der Waals surface area (Å²) in [5.74, 6) is 4.43. The van der Waals surface area contributed by atoms with E-state index in [2.05, 4.69) is 6.92 Å². The normalized spacial score (nSPS) is 14.3. The number of nitrogens with one attached hydrogen (secondary N) is 1. The number of rotatable bonds is 5. The third kappa shape index (κ3) is 2.68. The van der Waals surface area contributed by atoms with Crippen LogP contribution in [0.15, 0.2) is 35.1 Å². The molecule has 2 aromatic heterocycles. The van der Waals surface area contributed by atoms with Gasteiger partial charge in [-0.15, -0.1) is 0 Å². The summed E-state index contributed by atoms with van der Waals surface area (Å²) in [6.07, 6.45) is 0.742. The second-order valence-corrected chi connectivity index (χ2v) is 7.45. The van der Waals surface area contributed by atoms with E-state index in [4.69, 9.17) is 10.8 Å². The number of pyridine rings is 2. The number of hydrogen-bond acceptors (Lipinski definition) is 6. The minimum atomic E-state index is -2.05. The van der Waals surface area contributed by atoms with Crippen molar-refractivity contribution in [3.8, 4) is 11.4 Å². The molecule has 0 saturated heterocycles. The lowest BCUT2D eigenvalue weighted by Gasteiger charge is -2.27. The zero-order valence-corrected chi connectivity index (χ0v) is 16.9. The summed E-state index contributed by atoms with van der Waals surface area (Å²) in [7, 11) is 0. The number of hydrazine groups is 1. The number of benzene rings is 1. The molecule has 4 rings (SSSR count). The molecule has 1 aliphatic rings. The lowest BCUT2D eigenvalue weighted by Crippen LogP contribution is -2.48. The van der Waals surface area contributed by atoms with Crippen LogP contribution < -0.4 is 16.8 Å². The fourth-order valence-electron chi connectivity index (χ4n) is 4.42. The number of aryl methyl sites for hydroxylation is 1. The third-order valence-corrected chi connectivity index (χ3v) is 6.05. The molecule has 1 aromatic carbocycles. The topological polar surface area (TPSA) is 130 Å². The number of amides is 1. The Morgan fingerprint density at radius 1 is 1.30 bits per heavy atom. The summed E-state index contributed by atoms with van der Waals surface area (Å²) in [6, 6.07) is 9.38. The highest BCUT2D eigenvalue weighted by Gasteiger charge is 2.40. The van der Waals surface area contributed by atoms with Gasteiger partial charge in [0.1, 0.15) is 0 Å². The van der Waals surface area contributed by atoms with E-state index in [-0.39, 0.29) is 17.5 Å². The molecule has 0 saturated carbocycles. The van der Waals surface area contributed by atoms with E-state index >= 15 is 0 Å². The van der Waals surface area contributed by atoms with Crippen LogP contribution in [0.4, 0.5) is 0 Å². The molecule has 30 heavy (non-hydrogen) atoms. The van der Waals surface area contributed by atoms with Gasteiger partial charge in [-0.25, -0.2) is 10.8 Å². The van der Waals surface area contributed by atoms with Crippen LogP contribution in [0.25, 0.3) is 22.3 Å². The molecule has 5 N–H and O–H groups in total. The lowest BCUT2D eigenvalue weighted by molar-refractivity contribution is -0.141. The molecule has 1 amide bonds. The number of aliphatic hydroxyl groups is 2. The quantitative estimate of drug-likeness (QED) is 0.222. The van der Waals surface area contributed by atoms with Crippen LogP contribution >= 0.6 is 0 Å². The minimum absolute atomic E-state index is 0.0237. The maximum Gasteiger partial charge on any atom is 0.270 e. The molecule has 8 nitrogen and oxygen atoms in total. The molecule has 0 fully saturated rings. The van der Waals surface area contributed by atoms with Crippen LogP contribution in [0.1, 0.15) is 42.5 Å². The number of aliphatic hydroxyl groups excluding tert-OH is 1. The monoisotopic (exact) mass is 408 g/mol. The molecule has 0 spiro atoms. The van der Waals surface area contributed by atoms with Crippen LogP contribution in [0, 0.1) is 0 Å². The standard InChI is InChI=1S/C22H24N4O4/c1-3-12-13-7-5-6-8-17(13)24-19-14(12)10-26-18(19)9-16(15(11-27)20(26)28)22(30,4-2)21(29)25-23/h5-9,27,30H,3-4,10-11,23H2,1-2H3,(H,25,29)/t22-/m0/s1. The minimum Gasteiger partial charge on any atom is -0.391 e. The summed E-state index contributed by atoms with van der Waals surface area (Å²) in [4.78, 5) is 30.4. The van der Waals surface area contributed by atoms with Crippen molar-refractivity contribution in [2.75, 3.05) is 0 Å². The van der Waals surface area contributed by atoms with E-state index in [0.29, 0.717) is 17.9 Å². The summed E-state index contributed by atoms with van der Waals surface area (Å²) in [5.41, 5.74) is 3.51. The van der Waals surface area contributed by atoms with E-state index in [0.717, 1.165) is 28.5 Å². The van der Waals surface area contributed by atoms with Gasteiger partial charge in [0.2, 0.25) is 0 Å². The number of hydrogen-bond donors (Lipinski definition) is 4. The Morgan fingerprint density at radius 2 is 2.03 bits per heavy atom. The highest BCUT2D eigenvalue weighted by molar-refractivity contribution is 5.89. The molecule has 0 unspecified atom stereocenters. The van der Waals surface area contributed by atoms with E-state index < -0.39 is 23.7 Å². The van der Waals surface area contributed by atoms with Crippen molar-refractivity contribution in [3.05, 3.63) is 62.9 Å². The van der Waals surface area contributed by atoms with E-state index in [1.54, 1.807) is 17.6 Å². The molecule has 1 atom stereocenters. The average molecular weight is 408 g/mol. The number of para-hydroxylation sites is 1. The Kier molecular flexibility index (Phi) is 4.93. The Labute approximate surface area is 173 Å². The van der Waals surface area contributed by atoms with Crippen LogP contribution in [0.2, 0.25) is 0 Å². The van der Waals surface area contributed by atoms with Crippen molar-refractivity contribution < 1.29 is 15.0 Å². The van der Waals surface area contributed by atoms with Crippen molar-refractivity contribution in [2.45, 2.75) is 45.4 Å². The molecular weight excluding hydrogens is 384 g/mol. The largest absolute Gasteiger partial charge is 0.391 e. The molecule has 8 heteroatoms. The predicted molar refractivity (Wildman–Crippen MR) is 112 cm³/mol. The molecule has 0 radical (unpaired) electrons. The molecule has 0 aliphatic carbocycles. The van der Waals surface area contributed by atoms with Gasteiger partial charge in [-0.2, -0.15) is 0 Å². The van der Waals surface area contributed by atoms with E-state index in [1.807, 2.05) is 29.7 Å². The van der Waals surface area contributed by atoms with Gasteiger partial charge in [-0.1, -0.05) is 32.0 Å². The first kappa shape index (κ1) is 20.2. The zero-order chi connectivity index (χ0) is 21.6. The van der Waals surface area contributed by atoms with Gasteiger partial charge >= 0.3 is 0 Å². The Bertz CT molecular complexity index is 1230. The number of carbonyl (C=O) groups excluding carboxylic acids is 1. The van der Waals surface area contributed by atoms with E-state index in [1.165, 1.54) is 0 Å². The SMILES string of the molecule is CCc1c2c(nc3ccccc13)-c1cc([C@@](O)(CC)C(=O)NN)c(CO)c(=O)n1C2. The maximum atomic E-state index is 13.2. The van der Waals surface area contributed by atoms with Crippen LogP contribution in [-0.2, 0) is 30.0 Å². The Balaban J connectivity index is 2.06. The van der Waals surface area contributed by atoms with Gasteiger partial charge in [0, 0.05) is 22.1 Å². The van der Waals surface area contributed by atoms with Crippen LogP contribution in [-0.4, -0.2) is 25.7 Å². The van der Waals surface area contributed by atoms with Gasteiger partial charge in [0.05, 0.1) is 30.1 Å². The summed E-state index contributed by atoms with van der Waals surface area (Å²) in [6.45, 7) is 3.38.